The third-order valence-electron chi connectivity index (χ3n) is 0.865. The monoisotopic (exact) mass is 10400 g/mol. The van der Waals surface area contributed by atoms with Gasteiger partial charge in [-0.2, -0.15) is 13.3 Å². The van der Waals surface area contributed by atoms with E-state index in [0.717, 1.165) is 0 Å². The van der Waals surface area contributed by atoms with E-state index >= 15 is 0 Å². The molecule has 0 aliphatic heterocycles. The predicted molar refractivity (Wildman–Crippen MR) is 39.6 cm³/mol. The molecule has 0 rings (SSSR count). The third kappa shape index (κ3) is 551. The van der Waals surface area contributed by atoms with Crippen molar-refractivity contribution in [3.63, 3.8) is 0 Å². The van der Waals surface area contributed by atoms with E-state index in [1.54, 1.807) is 0 Å². The second-order valence-electron chi connectivity index (χ2n) is 2.00. The standard InChI is InChI=1S/C6H14N.CH3.56W/c1-4-5-6-7(2)3;;;;;;;;;;;;;;;;;;;;;;;;;;;;;;;;;;;;;;;;;;;;;;;;;;;;;;;;;/h4H,5-6H2,1-3H3;1H3;;;;;;;;;;;;;;;;;;;;;;;;;;;;;;;;;;;;;;;;;;;;;;;;;;;;;;;;/q2*-1;;;;;;;;;;;;;;;;;;;;;;;;;;;;;;;;;;;;;;;;;;;;;;;;;;;;;;;;. The molecule has 0 saturated heterocycles. The van der Waals surface area contributed by atoms with Gasteiger partial charge in [0.15, 0.2) is 0 Å². The molecule has 0 saturated carbocycles. The molecule has 0 aromatic rings. The minimum Gasteiger partial charge on any atom is -0.358 e. The molecule has 0 aromatic carbocycles. The molecule has 1 nitrogen and oxygen atoms in total. The van der Waals surface area contributed by atoms with Crippen LogP contribution in [-0.2, 0) is 1180 Å². The number of nitrogens with zero attached hydrogens (tertiary/aromatic N) is 1. The Kier molecular flexibility index (Phi) is 4310. The van der Waals surface area contributed by atoms with Crippen molar-refractivity contribution in [1.29, 1.82) is 0 Å². The second-order valence-corrected chi connectivity index (χ2v) is 2.00. The summed E-state index contributed by atoms with van der Waals surface area (Å²) in [7, 11) is 4.17. The summed E-state index contributed by atoms with van der Waals surface area (Å²) in [5.41, 5.74) is 0. The largest absolute Gasteiger partial charge is 0.358 e. The SMILES string of the molecule is C[CH-]CCN(C)C.[CH3-].[W].[W].[W].[W].[W].[W].[W].[W].[W].[W].[W].[W].[W].[W].[W].[W].[W].[W].[W].[W].[W].[W].[W].[W].[W].[W].[W].[W].[W].[W].[W].[W].[W].[W].[W].[W].[W].[W].[W].[W].[W].[W].[W].[W].[W].[W].[W].[W].[W].[W].[W].[W].[W].[W].[W].[W]. The molecular formula is C7H17NW56-2. The van der Waals surface area contributed by atoms with Crippen LogP contribution in [0.15, 0.2) is 0 Å². The topological polar surface area (TPSA) is 3.24 Å². The van der Waals surface area contributed by atoms with Crippen molar-refractivity contribution in [2.24, 2.45) is 0 Å². The van der Waals surface area contributed by atoms with Crippen LogP contribution in [0.1, 0.15) is 13.3 Å². The molecule has 0 fully saturated rings. The van der Waals surface area contributed by atoms with Gasteiger partial charge < -0.3 is 18.7 Å². The van der Waals surface area contributed by atoms with E-state index in [2.05, 4.69) is 32.3 Å². The molecule has 0 heterocycles. The van der Waals surface area contributed by atoms with Crippen molar-refractivity contribution in [3.05, 3.63) is 13.8 Å². The van der Waals surface area contributed by atoms with Crippen LogP contribution in [-0.4, -0.2) is 25.5 Å². The predicted octanol–water partition coefficient (Wildman–Crippen LogP) is 1.47. The average molecular weight is 10400 g/mol. The van der Waals surface area contributed by atoms with Gasteiger partial charge in [0.25, 0.3) is 0 Å². The van der Waals surface area contributed by atoms with Crippen molar-refractivity contribution in [3.8, 4) is 0 Å². The van der Waals surface area contributed by atoms with Crippen molar-refractivity contribution in [2.75, 3.05) is 20.6 Å². The fourth-order valence-electron chi connectivity index (χ4n) is 0.387. The molecule has 0 aliphatic rings. The first-order valence-corrected chi connectivity index (χ1v) is 2.70. The fraction of sp³-hybridized carbons (Fsp3) is 0.714. The van der Waals surface area contributed by atoms with E-state index < -0.39 is 0 Å². The van der Waals surface area contributed by atoms with Gasteiger partial charge in [-0.3, -0.25) is 0 Å². The molecule has 0 unspecified atom stereocenters. The zero-order valence-corrected chi connectivity index (χ0v) is 194. The van der Waals surface area contributed by atoms with E-state index in [1.807, 2.05) is 0 Å². The molecule has 0 N–H and O–H groups in total. The molecule has 0 aliphatic carbocycles. The minimum absolute atomic E-state index is 0. The van der Waals surface area contributed by atoms with Crippen LogP contribution in [0.4, 0.5) is 0 Å². The van der Waals surface area contributed by atoms with Crippen LogP contribution >= 0.6 is 0 Å². The summed E-state index contributed by atoms with van der Waals surface area (Å²) >= 11 is 0. The number of hydrogen-bond donors (Lipinski definition) is 0. The Morgan fingerprint density at radius 3 is 0.266 bits per heavy atom. The van der Waals surface area contributed by atoms with Gasteiger partial charge in [0.05, 0.1) is 0 Å². The van der Waals surface area contributed by atoms with E-state index in [9.17, 15) is 0 Å². The zero-order valence-electron chi connectivity index (χ0n) is 29.3. The molecule has 57 heteroatoms. The molecule has 0 amide bonds. The van der Waals surface area contributed by atoms with Gasteiger partial charge in [-0.25, -0.2) is 0 Å². The quantitative estimate of drug-likeness (QED) is 0.388. The summed E-state index contributed by atoms with van der Waals surface area (Å²) in [6.07, 6.45) is 3.38. The van der Waals surface area contributed by atoms with Crippen LogP contribution in [0.5, 0.6) is 0 Å². The van der Waals surface area contributed by atoms with E-state index in [4.69, 9.17) is 0 Å². The Balaban J connectivity index is -0.000000000113. The Morgan fingerprint density at radius 1 is 0.188 bits per heavy atom. The van der Waals surface area contributed by atoms with Crippen molar-refractivity contribution >= 4 is 0 Å². The number of rotatable bonds is 3. The zero-order chi connectivity index (χ0) is 5.70. The van der Waals surface area contributed by atoms with Gasteiger partial charge in [-0.1, -0.05) is 0 Å². The van der Waals surface area contributed by atoms with Gasteiger partial charge in [-0.05, 0) is 20.6 Å². The Hall–Kier alpha value is 38.5. The summed E-state index contributed by atoms with van der Waals surface area (Å²) in [6, 6.07) is 0. The van der Waals surface area contributed by atoms with E-state index in [1.165, 1.54) is 13.0 Å². The van der Waals surface area contributed by atoms with Crippen LogP contribution in [0.2, 0.25) is 0 Å². The molecule has 0 radical (unpaired) electrons. The van der Waals surface area contributed by atoms with Crippen LogP contribution in [0.25, 0.3) is 0 Å². The summed E-state index contributed by atoms with van der Waals surface area (Å²) in [5.74, 6) is 0. The second kappa shape index (κ2) is 518. The molecular weight excluding hydrogens is 10400 g/mol. The molecule has 388 valence electrons. The Labute approximate surface area is 1200 Å². The number of unbranched alkanes of at least 4 members (excludes halogenated alkanes) is 1. The normalized spacial score (nSPS) is 1.12. The van der Waals surface area contributed by atoms with Crippen molar-refractivity contribution in [1.82, 2.24) is 4.90 Å². The summed E-state index contributed by atoms with van der Waals surface area (Å²) < 4.78 is 0. The van der Waals surface area contributed by atoms with Crippen molar-refractivity contribution in [2.45, 2.75) is 13.3 Å². The van der Waals surface area contributed by atoms with Gasteiger partial charge in [0.1, 0.15) is 0 Å². The van der Waals surface area contributed by atoms with Crippen molar-refractivity contribution < 1.29 is 1180 Å². The van der Waals surface area contributed by atoms with Crippen LogP contribution < -0.4 is 0 Å². The first-order valence-electron chi connectivity index (χ1n) is 2.70. The molecule has 0 aromatic heterocycles. The maximum Gasteiger partial charge on any atom is 0 e. The minimum atomic E-state index is 0. The Morgan fingerprint density at radius 2 is 0.250 bits per heavy atom. The molecule has 0 bridgehead atoms. The Bertz CT molecular complexity index is 68.2. The fourth-order valence-corrected chi connectivity index (χ4v) is 0.387. The van der Waals surface area contributed by atoms with E-state index in [-0.39, 0.29) is 1190 Å². The smallest absolute Gasteiger partial charge is 0 e. The maximum absolute atomic E-state index is 2.18. The van der Waals surface area contributed by atoms with Gasteiger partial charge >= 0.3 is 0 Å². The molecule has 0 atom stereocenters. The summed E-state index contributed by atoms with van der Waals surface area (Å²) in [5, 5.41) is 0. The van der Waals surface area contributed by atoms with Gasteiger partial charge in [-0.15, -0.1) is 0 Å². The third-order valence-corrected chi connectivity index (χ3v) is 0.865. The van der Waals surface area contributed by atoms with E-state index in [0.29, 0.717) is 0 Å². The summed E-state index contributed by atoms with van der Waals surface area (Å²) in [6.45, 7) is 3.26. The summed E-state index contributed by atoms with van der Waals surface area (Å²) in [4.78, 5) is 2.18. The first-order chi connectivity index (χ1) is 3.27. The first kappa shape index (κ1) is 533. The number of hydrogen-bond acceptors (Lipinski definition) is 1. The molecule has 64 heavy (non-hydrogen) atoms. The molecule has 0 spiro atoms. The van der Waals surface area contributed by atoms with Gasteiger partial charge in [0.2, 0.25) is 0 Å². The maximum atomic E-state index is 2.18. The van der Waals surface area contributed by atoms with Gasteiger partial charge in [0, 0.05) is 1180 Å². The average Bonchev–Trinajstić information content (AvgIpc) is 1.61. The van der Waals surface area contributed by atoms with Crippen LogP contribution in [0.3, 0.4) is 0 Å². The van der Waals surface area contributed by atoms with Crippen LogP contribution in [0, 0.1) is 13.8 Å².